The number of nitrogens with zero attached hydrogens (tertiary/aromatic N) is 1. The summed E-state index contributed by atoms with van der Waals surface area (Å²) in [5, 5.41) is 0. The fraction of sp³-hybridized carbons (Fsp3) is 0. The molecular weight excluding hydrogens is 212 g/mol. The minimum Gasteiger partial charge on any atom is -0.396 e. The van der Waals surface area contributed by atoms with Crippen LogP contribution in [-0.4, -0.2) is 4.98 Å². The lowest BCUT2D eigenvalue weighted by atomic mass is 10.0. The molecule has 0 aliphatic rings. The van der Waals surface area contributed by atoms with Crippen molar-refractivity contribution in [3.8, 4) is 11.1 Å². The Morgan fingerprint density at radius 1 is 1.00 bits per heavy atom. The smallest absolute Gasteiger partial charge is 0.131 e. The van der Waals surface area contributed by atoms with E-state index in [1.54, 1.807) is 0 Å². The third-order valence-electron chi connectivity index (χ3n) is 2.24. The van der Waals surface area contributed by atoms with Crippen molar-refractivity contribution in [2.45, 2.75) is 0 Å². The van der Waals surface area contributed by atoms with Gasteiger partial charge in [0, 0.05) is 17.3 Å². The summed E-state index contributed by atoms with van der Waals surface area (Å²) < 4.78 is 26.5. The fourth-order valence-electron chi connectivity index (χ4n) is 1.41. The number of nitrogen functional groups attached to an aromatic ring is 2. The number of hydrogen-bond acceptors (Lipinski definition) is 3. The van der Waals surface area contributed by atoms with Crippen molar-refractivity contribution in [2.24, 2.45) is 0 Å². The highest BCUT2D eigenvalue weighted by molar-refractivity contribution is 5.83. The van der Waals surface area contributed by atoms with Gasteiger partial charge < -0.3 is 11.5 Å². The van der Waals surface area contributed by atoms with E-state index in [9.17, 15) is 8.78 Å². The Morgan fingerprint density at radius 2 is 1.75 bits per heavy atom. The predicted octanol–water partition coefficient (Wildman–Crippen LogP) is 2.19. The third kappa shape index (κ3) is 1.67. The van der Waals surface area contributed by atoms with Crippen LogP contribution in [0.3, 0.4) is 0 Å². The van der Waals surface area contributed by atoms with E-state index in [0.717, 1.165) is 18.2 Å². The lowest BCUT2D eigenvalue weighted by Gasteiger charge is -2.08. The van der Waals surface area contributed by atoms with Crippen LogP contribution in [0.25, 0.3) is 11.1 Å². The van der Waals surface area contributed by atoms with E-state index in [2.05, 4.69) is 4.98 Å². The largest absolute Gasteiger partial charge is 0.396 e. The van der Waals surface area contributed by atoms with Gasteiger partial charge in [-0.15, -0.1) is 0 Å². The van der Waals surface area contributed by atoms with E-state index in [1.807, 2.05) is 0 Å². The van der Waals surface area contributed by atoms with E-state index in [1.165, 1.54) is 12.4 Å². The van der Waals surface area contributed by atoms with Gasteiger partial charge in [-0.1, -0.05) is 0 Å². The molecule has 0 saturated carbocycles. The Balaban J connectivity index is 2.67. The molecule has 0 aliphatic carbocycles. The first-order chi connectivity index (χ1) is 7.59. The van der Waals surface area contributed by atoms with Crippen molar-refractivity contribution in [1.82, 2.24) is 4.98 Å². The number of hydrogen-bond donors (Lipinski definition) is 2. The van der Waals surface area contributed by atoms with Crippen LogP contribution in [0.4, 0.5) is 20.2 Å². The van der Waals surface area contributed by atoms with Gasteiger partial charge in [0.2, 0.25) is 0 Å². The highest BCUT2D eigenvalue weighted by Crippen LogP contribution is 2.31. The second-order valence-corrected chi connectivity index (χ2v) is 3.31. The van der Waals surface area contributed by atoms with Crippen molar-refractivity contribution in [1.29, 1.82) is 0 Å². The second kappa shape index (κ2) is 3.77. The molecule has 0 aliphatic heterocycles. The number of pyridine rings is 1. The van der Waals surface area contributed by atoms with Crippen molar-refractivity contribution < 1.29 is 8.78 Å². The molecule has 3 nitrogen and oxygen atoms in total. The standard InChI is InChI=1S/C11H9F2N3/c12-6-1-2-9(13)7(3-6)8-4-16-5-10(14)11(8)15/h1-5H,14H2,(H2,15,16). The highest BCUT2D eigenvalue weighted by Gasteiger charge is 2.11. The monoisotopic (exact) mass is 221 g/mol. The van der Waals surface area contributed by atoms with Crippen LogP contribution in [0.1, 0.15) is 0 Å². The first-order valence-corrected chi connectivity index (χ1v) is 4.54. The summed E-state index contributed by atoms with van der Waals surface area (Å²) in [7, 11) is 0. The number of anilines is 2. The quantitative estimate of drug-likeness (QED) is 0.775. The molecule has 0 spiro atoms. The average Bonchev–Trinajstić information content (AvgIpc) is 2.26. The van der Waals surface area contributed by atoms with Crippen molar-refractivity contribution in [3.05, 3.63) is 42.2 Å². The maximum atomic E-state index is 13.5. The molecule has 2 aromatic rings. The van der Waals surface area contributed by atoms with Gasteiger partial charge in [0.15, 0.2) is 0 Å². The van der Waals surface area contributed by atoms with Gasteiger partial charge in [0.1, 0.15) is 11.6 Å². The van der Waals surface area contributed by atoms with Gasteiger partial charge in [-0.25, -0.2) is 8.78 Å². The third-order valence-corrected chi connectivity index (χ3v) is 2.24. The lowest BCUT2D eigenvalue weighted by Crippen LogP contribution is -1.99. The van der Waals surface area contributed by atoms with Crippen LogP contribution < -0.4 is 11.5 Å². The maximum absolute atomic E-state index is 13.5. The molecular formula is C11H9F2N3. The molecule has 5 heteroatoms. The van der Waals surface area contributed by atoms with E-state index >= 15 is 0 Å². The summed E-state index contributed by atoms with van der Waals surface area (Å²) in [6, 6.07) is 3.13. The van der Waals surface area contributed by atoms with Crippen molar-refractivity contribution in [2.75, 3.05) is 11.5 Å². The predicted molar refractivity (Wildman–Crippen MR) is 58.4 cm³/mol. The van der Waals surface area contributed by atoms with Crippen LogP contribution in [0.15, 0.2) is 30.6 Å². The summed E-state index contributed by atoms with van der Waals surface area (Å²) >= 11 is 0. The Hall–Kier alpha value is -2.17. The number of halogens is 2. The number of aromatic nitrogens is 1. The van der Waals surface area contributed by atoms with E-state index in [4.69, 9.17) is 11.5 Å². The Bertz CT molecular complexity index is 541. The normalized spacial score (nSPS) is 10.4. The molecule has 0 unspecified atom stereocenters. The minimum atomic E-state index is -0.569. The average molecular weight is 221 g/mol. The molecule has 0 atom stereocenters. The van der Waals surface area contributed by atoms with Gasteiger partial charge in [0.05, 0.1) is 17.6 Å². The first kappa shape index (κ1) is 10.4. The molecule has 0 fully saturated rings. The first-order valence-electron chi connectivity index (χ1n) is 4.54. The lowest BCUT2D eigenvalue weighted by molar-refractivity contribution is 0.603. The SMILES string of the molecule is Nc1cncc(-c2cc(F)ccc2F)c1N. The van der Waals surface area contributed by atoms with Crippen LogP contribution in [0.2, 0.25) is 0 Å². The molecule has 0 amide bonds. The number of nitrogens with two attached hydrogens (primary N) is 2. The maximum Gasteiger partial charge on any atom is 0.131 e. The molecule has 82 valence electrons. The summed E-state index contributed by atoms with van der Waals surface area (Å²) in [6.07, 6.45) is 2.71. The van der Waals surface area contributed by atoms with E-state index < -0.39 is 11.6 Å². The van der Waals surface area contributed by atoms with Crippen LogP contribution in [0.5, 0.6) is 0 Å². The van der Waals surface area contributed by atoms with Crippen LogP contribution >= 0.6 is 0 Å². The summed E-state index contributed by atoms with van der Waals surface area (Å²) in [5.41, 5.74) is 12.0. The van der Waals surface area contributed by atoms with Crippen molar-refractivity contribution >= 4 is 11.4 Å². The molecule has 4 N–H and O–H groups in total. The van der Waals surface area contributed by atoms with Gasteiger partial charge in [0.25, 0.3) is 0 Å². The highest BCUT2D eigenvalue weighted by atomic mass is 19.1. The minimum absolute atomic E-state index is 0.0531. The molecule has 16 heavy (non-hydrogen) atoms. The van der Waals surface area contributed by atoms with E-state index in [0.29, 0.717) is 0 Å². The zero-order valence-corrected chi connectivity index (χ0v) is 8.24. The Labute approximate surface area is 90.7 Å². The summed E-state index contributed by atoms with van der Waals surface area (Å²) in [5.74, 6) is -1.11. The summed E-state index contributed by atoms with van der Waals surface area (Å²) in [4.78, 5) is 3.80. The van der Waals surface area contributed by atoms with Gasteiger partial charge >= 0.3 is 0 Å². The fourth-order valence-corrected chi connectivity index (χ4v) is 1.41. The number of rotatable bonds is 1. The van der Waals surface area contributed by atoms with Crippen LogP contribution in [0, 0.1) is 11.6 Å². The number of benzene rings is 1. The zero-order valence-electron chi connectivity index (χ0n) is 8.24. The zero-order chi connectivity index (χ0) is 11.7. The Kier molecular flexibility index (Phi) is 2.44. The molecule has 0 saturated heterocycles. The van der Waals surface area contributed by atoms with Gasteiger partial charge in [-0.05, 0) is 18.2 Å². The van der Waals surface area contributed by atoms with Crippen molar-refractivity contribution in [3.63, 3.8) is 0 Å². The molecule has 1 aromatic carbocycles. The van der Waals surface area contributed by atoms with Gasteiger partial charge in [-0.3, -0.25) is 4.98 Å². The second-order valence-electron chi connectivity index (χ2n) is 3.31. The molecule has 2 rings (SSSR count). The summed E-state index contributed by atoms with van der Waals surface area (Å²) in [6.45, 7) is 0. The topological polar surface area (TPSA) is 64.9 Å². The van der Waals surface area contributed by atoms with E-state index in [-0.39, 0.29) is 22.5 Å². The molecule has 1 aromatic heterocycles. The van der Waals surface area contributed by atoms with Gasteiger partial charge in [-0.2, -0.15) is 0 Å². The molecule has 0 radical (unpaired) electrons. The molecule has 1 heterocycles. The molecule has 0 bridgehead atoms. The Morgan fingerprint density at radius 3 is 2.50 bits per heavy atom. The van der Waals surface area contributed by atoms with Crippen LogP contribution in [-0.2, 0) is 0 Å².